The third-order valence-electron chi connectivity index (χ3n) is 13.5. The molecule has 2 N–H and O–H groups in total. The van der Waals surface area contributed by atoms with Crippen LogP contribution >= 0.6 is 12.4 Å². The number of ether oxygens (including phenoxy) is 3. The van der Waals surface area contributed by atoms with Crippen molar-refractivity contribution in [3.8, 4) is 0 Å². The Morgan fingerprint density at radius 3 is 1.63 bits per heavy atom. The number of aldehydes is 1. The molecule has 0 unspecified atom stereocenters. The first-order chi connectivity index (χ1) is 31.4. The van der Waals surface area contributed by atoms with E-state index in [9.17, 15) is 24.0 Å². The predicted molar refractivity (Wildman–Crippen MR) is 262 cm³/mol. The van der Waals surface area contributed by atoms with E-state index in [0.29, 0.717) is 39.0 Å². The molecule has 374 valence electrons. The highest BCUT2D eigenvalue weighted by molar-refractivity contribution is 5.86. The minimum absolute atomic E-state index is 0. The van der Waals surface area contributed by atoms with Crippen molar-refractivity contribution in [2.24, 2.45) is 16.6 Å². The Bertz CT molecular complexity index is 1950. The van der Waals surface area contributed by atoms with Gasteiger partial charge in [-0.25, -0.2) is 9.59 Å². The fourth-order valence-corrected chi connectivity index (χ4v) is 9.66. The number of carbonyl (C=O) groups excluding carboxylic acids is 5. The SMILES string of the molecule is CC(C)(C)OC(=O)N1CCC2(CC1)CCN(CCCc1ccc3c(n1)CCCC3)C2=O.CCOC(=O)C1(CC=O)CCN(C(=O)OC(C)(C)C)CC1.Cl.NCCCc1ccc2c(n1)CCCC2. The average Bonchev–Trinajstić information content (AvgIpc) is 3.58. The lowest BCUT2D eigenvalue weighted by atomic mass is 9.76. The van der Waals surface area contributed by atoms with Crippen LogP contribution < -0.4 is 5.73 Å². The summed E-state index contributed by atoms with van der Waals surface area (Å²) >= 11 is 0. The molecule has 2 aromatic heterocycles. The summed E-state index contributed by atoms with van der Waals surface area (Å²) in [5, 5.41) is 0. The molecule has 0 saturated carbocycles. The molecule has 7 rings (SSSR count). The second kappa shape index (κ2) is 25.3. The zero-order valence-electron chi connectivity index (χ0n) is 41.8. The van der Waals surface area contributed by atoms with Gasteiger partial charge in [-0.1, -0.05) is 12.1 Å². The molecule has 1 spiro atoms. The number of halogens is 1. The third kappa shape index (κ3) is 16.1. The fraction of sp³-hybridized carbons (Fsp3) is 0.712. The Kier molecular flexibility index (Phi) is 20.9. The zero-order chi connectivity index (χ0) is 48.0. The van der Waals surface area contributed by atoms with E-state index in [4.69, 9.17) is 29.9 Å². The number of likely N-dealkylation sites (tertiary alicyclic amines) is 3. The number of hydrogen-bond acceptors (Lipinski definition) is 11. The molecule has 15 heteroatoms. The van der Waals surface area contributed by atoms with Crippen molar-refractivity contribution < 1.29 is 38.2 Å². The third-order valence-corrected chi connectivity index (χ3v) is 13.5. The Morgan fingerprint density at radius 2 is 1.16 bits per heavy atom. The van der Waals surface area contributed by atoms with Crippen molar-refractivity contribution >= 4 is 42.8 Å². The largest absolute Gasteiger partial charge is 0.466 e. The second-order valence-corrected chi connectivity index (χ2v) is 20.9. The highest BCUT2D eigenvalue weighted by atomic mass is 35.5. The van der Waals surface area contributed by atoms with Crippen molar-refractivity contribution in [2.45, 2.75) is 175 Å². The lowest BCUT2D eigenvalue weighted by Crippen LogP contribution is -2.48. The molecular weight excluding hydrogens is 872 g/mol. The van der Waals surface area contributed by atoms with Crippen LogP contribution in [0.15, 0.2) is 24.3 Å². The fourth-order valence-electron chi connectivity index (χ4n) is 9.66. The molecule has 3 saturated heterocycles. The summed E-state index contributed by atoms with van der Waals surface area (Å²) in [7, 11) is 0. The van der Waals surface area contributed by atoms with Crippen LogP contribution in [0.1, 0.15) is 159 Å². The Balaban J connectivity index is 0.000000236. The van der Waals surface area contributed by atoms with Crippen LogP contribution in [0.4, 0.5) is 9.59 Å². The van der Waals surface area contributed by atoms with Gasteiger partial charge in [-0.3, -0.25) is 19.6 Å². The first-order valence-electron chi connectivity index (χ1n) is 24.9. The molecule has 0 radical (unpaired) electrons. The van der Waals surface area contributed by atoms with Crippen LogP contribution in [0, 0.1) is 10.8 Å². The van der Waals surface area contributed by atoms with Crippen LogP contribution in [-0.2, 0) is 67.1 Å². The van der Waals surface area contributed by atoms with E-state index >= 15 is 0 Å². The van der Waals surface area contributed by atoms with Crippen LogP contribution in [0.5, 0.6) is 0 Å². The standard InChI is InChI=1S/C25H37N3O3.C15H25NO5.C12H18N2.ClH/c1-24(2,3)31-23(30)28-17-13-25(14-18-28)12-16-27(22(25)29)15-6-8-20-11-10-19-7-4-5-9-21(19)26-20;1-5-20-12(18)15(8-11-17)6-9-16(10-7-15)13(19)21-14(2,3)4;13-9-3-5-11-8-7-10-4-1-2-6-12(10)14-11;/h10-11H,4-9,12-18H2,1-3H3;11H,5-10H2,1-4H3;7-8H,1-6,9,13H2;1H. The number of nitrogens with zero attached hydrogens (tertiary/aromatic N) is 5. The number of piperidine rings is 2. The first-order valence-corrected chi connectivity index (χ1v) is 24.9. The highest BCUT2D eigenvalue weighted by Gasteiger charge is 2.49. The monoisotopic (exact) mass is 953 g/mol. The number of amides is 3. The maximum absolute atomic E-state index is 13.2. The van der Waals surface area contributed by atoms with Gasteiger partial charge >= 0.3 is 18.2 Å². The molecule has 0 aromatic carbocycles. The second-order valence-electron chi connectivity index (χ2n) is 20.9. The normalized spacial score (nSPS) is 18.4. The minimum Gasteiger partial charge on any atom is -0.466 e. The van der Waals surface area contributed by atoms with Gasteiger partial charge in [0.05, 0.1) is 17.4 Å². The quantitative estimate of drug-likeness (QED) is 0.130. The molecule has 67 heavy (non-hydrogen) atoms. The predicted octanol–water partition coefficient (Wildman–Crippen LogP) is 8.57. The number of aryl methyl sites for hydroxylation is 6. The lowest BCUT2D eigenvalue weighted by Gasteiger charge is -2.39. The molecule has 3 amide bonds. The topological polar surface area (TPSA) is 175 Å². The Morgan fingerprint density at radius 1 is 0.701 bits per heavy atom. The van der Waals surface area contributed by atoms with Crippen molar-refractivity contribution in [1.29, 1.82) is 0 Å². The van der Waals surface area contributed by atoms with Gasteiger partial charge in [-0.05, 0) is 187 Å². The van der Waals surface area contributed by atoms with Gasteiger partial charge in [0.15, 0.2) is 0 Å². The molecule has 3 aliphatic heterocycles. The lowest BCUT2D eigenvalue weighted by molar-refractivity contribution is -0.159. The molecule has 3 fully saturated rings. The number of rotatable bonds is 11. The molecule has 0 bridgehead atoms. The van der Waals surface area contributed by atoms with Crippen molar-refractivity contribution in [3.05, 3.63) is 58.2 Å². The number of aromatic nitrogens is 2. The van der Waals surface area contributed by atoms with Gasteiger partial charge in [0.2, 0.25) is 5.91 Å². The van der Waals surface area contributed by atoms with E-state index < -0.39 is 16.6 Å². The van der Waals surface area contributed by atoms with Gasteiger partial charge in [0.1, 0.15) is 17.5 Å². The van der Waals surface area contributed by atoms with Gasteiger partial charge in [-0.2, -0.15) is 0 Å². The average molecular weight is 954 g/mol. The summed E-state index contributed by atoms with van der Waals surface area (Å²) in [6.45, 7) is 17.5. The van der Waals surface area contributed by atoms with Crippen molar-refractivity contribution in [2.75, 3.05) is 52.4 Å². The summed E-state index contributed by atoms with van der Waals surface area (Å²) in [4.78, 5) is 75.5. The van der Waals surface area contributed by atoms with E-state index in [0.717, 1.165) is 83.0 Å². The van der Waals surface area contributed by atoms with Crippen LogP contribution in [0.2, 0.25) is 0 Å². The Hall–Kier alpha value is -4.30. The number of fused-ring (bicyclic) bond motifs is 2. The smallest absolute Gasteiger partial charge is 0.410 e. The highest BCUT2D eigenvalue weighted by Crippen LogP contribution is 2.42. The molecule has 0 atom stereocenters. The van der Waals surface area contributed by atoms with Gasteiger partial charge in [-0.15, -0.1) is 12.4 Å². The van der Waals surface area contributed by atoms with Crippen molar-refractivity contribution in [1.82, 2.24) is 24.7 Å². The molecule has 2 aliphatic carbocycles. The number of esters is 1. The summed E-state index contributed by atoms with van der Waals surface area (Å²) < 4.78 is 15.9. The number of pyridine rings is 2. The van der Waals surface area contributed by atoms with E-state index in [1.165, 1.54) is 73.2 Å². The van der Waals surface area contributed by atoms with Gasteiger partial charge in [0, 0.05) is 68.5 Å². The molecule has 14 nitrogen and oxygen atoms in total. The van der Waals surface area contributed by atoms with Crippen LogP contribution in [-0.4, -0.2) is 119 Å². The summed E-state index contributed by atoms with van der Waals surface area (Å²) in [5.41, 5.74) is 11.3. The van der Waals surface area contributed by atoms with Gasteiger partial charge < -0.3 is 39.4 Å². The van der Waals surface area contributed by atoms with Crippen LogP contribution in [0.3, 0.4) is 0 Å². The number of hydrogen-bond donors (Lipinski definition) is 1. The minimum atomic E-state index is -0.795. The molecule has 5 heterocycles. The van der Waals surface area contributed by atoms with E-state index in [1.807, 2.05) is 46.4 Å². The van der Waals surface area contributed by atoms with E-state index in [-0.39, 0.29) is 54.9 Å². The van der Waals surface area contributed by atoms with Gasteiger partial charge in [0.25, 0.3) is 0 Å². The zero-order valence-corrected chi connectivity index (χ0v) is 42.6. The summed E-state index contributed by atoms with van der Waals surface area (Å²) in [6.07, 6.45) is 17.3. The first kappa shape index (κ1) is 55.3. The van der Waals surface area contributed by atoms with E-state index in [2.05, 4.69) is 24.3 Å². The maximum atomic E-state index is 13.2. The summed E-state index contributed by atoms with van der Waals surface area (Å²) in [5.74, 6) is -0.0596. The maximum Gasteiger partial charge on any atom is 0.410 e. The van der Waals surface area contributed by atoms with E-state index in [1.54, 1.807) is 16.7 Å². The summed E-state index contributed by atoms with van der Waals surface area (Å²) in [6, 6.07) is 8.85. The molecule has 2 aromatic rings. The molecular formula is C52H81ClN6O8. The molecule has 5 aliphatic rings. The number of nitrogens with two attached hydrogens (primary N) is 1. The van der Waals surface area contributed by atoms with Crippen molar-refractivity contribution in [3.63, 3.8) is 0 Å². The van der Waals surface area contributed by atoms with Crippen LogP contribution in [0.25, 0.3) is 0 Å². The Labute approximate surface area is 406 Å². The number of carbonyl (C=O) groups is 5.